The third-order valence-corrected chi connectivity index (χ3v) is 5.38. The van der Waals surface area contributed by atoms with Crippen molar-refractivity contribution in [3.8, 4) is 59.9 Å². The Morgan fingerprint density at radius 1 is 0.556 bits per heavy atom. The monoisotopic (exact) mass is 470 g/mol. The number of terminal acetylenes is 2. The standard InChI is InChI=1S/C34H30O2/c1-5-9-23-35-33-25-32(22-20-30-17-13-28(8-4)14-18-30)34(36-24-10-6-2)26-31(33)21-19-29-15-11-27(7-3)12-16-29/h3-4,11-18,25-26H,5-6,9-10,23-24H2,1-2H3. The van der Waals surface area contributed by atoms with Crippen LogP contribution in [0.3, 0.4) is 0 Å². The predicted molar refractivity (Wildman–Crippen MR) is 148 cm³/mol. The van der Waals surface area contributed by atoms with Crippen LogP contribution in [0.4, 0.5) is 0 Å². The molecule has 0 saturated heterocycles. The maximum atomic E-state index is 6.13. The molecule has 178 valence electrons. The third kappa shape index (κ3) is 7.78. The number of rotatable bonds is 8. The number of hydrogen-bond acceptors (Lipinski definition) is 2. The van der Waals surface area contributed by atoms with Crippen molar-refractivity contribution in [2.24, 2.45) is 0 Å². The maximum Gasteiger partial charge on any atom is 0.136 e. The van der Waals surface area contributed by atoms with E-state index in [9.17, 15) is 0 Å². The van der Waals surface area contributed by atoms with Crippen LogP contribution in [0, 0.1) is 48.4 Å². The lowest BCUT2D eigenvalue weighted by Gasteiger charge is -2.13. The SMILES string of the molecule is C#Cc1ccc(C#Cc2cc(OCCCC)c(C#Cc3ccc(C#C)cc3)cc2OCCCC)cc1. The number of benzene rings is 3. The summed E-state index contributed by atoms with van der Waals surface area (Å²) in [5.41, 5.74) is 4.94. The highest BCUT2D eigenvalue weighted by atomic mass is 16.5. The Morgan fingerprint density at radius 3 is 1.25 bits per heavy atom. The Morgan fingerprint density at radius 2 is 0.917 bits per heavy atom. The zero-order chi connectivity index (χ0) is 25.6. The third-order valence-electron chi connectivity index (χ3n) is 5.38. The second-order valence-corrected chi connectivity index (χ2v) is 8.19. The van der Waals surface area contributed by atoms with E-state index in [-0.39, 0.29) is 0 Å². The van der Waals surface area contributed by atoms with E-state index in [1.54, 1.807) is 0 Å². The summed E-state index contributed by atoms with van der Waals surface area (Å²) in [5.74, 6) is 19.6. The van der Waals surface area contributed by atoms with Crippen LogP contribution in [-0.4, -0.2) is 13.2 Å². The fraction of sp³-hybridized carbons (Fsp3) is 0.235. The smallest absolute Gasteiger partial charge is 0.136 e. The Kier molecular flexibility index (Phi) is 10.2. The zero-order valence-corrected chi connectivity index (χ0v) is 21.0. The van der Waals surface area contributed by atoms with Crippen LogP contribution in [-0.2, 0) is 0 Å². The highest BCUT2D eigenvalue weighted by Gasteiger charge is 2.11. The molecule has 0 bridgehead atoms. The van der Waals surface area contributed by atoms with Crippen molar-refractivity contribution in [1.29, 1.82) is 0 Å². The molecule has 0 aromatic heterocycles. The minimum absolute atomic E-state index is 0.610. The first-order chi connectivity index (χ1) is 17.7. The summed E-state index contributed by atoms with van der Waals surface area (Å²) < 4.78 is 12.3. The van der Waals surface area contributed by atoms with Gasteiger partial charge in [-0.2, -0.15) is 0 Å². The van der Waals surface area contributed by atoms with Gasteiger partial charge in [-0.25, -0.2) is 0 Å². The maximum absolute atomic E-state index is 6.13. The van der Waals surface area contributed by atoms with Gasteiger partial charge in [0, 0.05) is 34.4 Å². The first-order valence-electron chi connectivity index (χ1n) is 12.3. The topological polar surface area (TPSA) is 18.5 Å². The van der Waals surface area contributed by atoms with Gasteiger partial charge in [-0.15, -0.1) is 12.8 Å². The average Bonchev–Trinajstić information content (AvgIpc) is 2.92. The minimum Gasteiger partial charge on any atom is -0.492 e. The van der Waals surface area contributed by atoms with Crippen molar-refractivity contribution in [3.05, 3.63) is 94.0 Å². The fourth-order valence-electron chi connectivity index (χ4n) is 3.23. The quantitative estimate of drug-likeness (QED) is 0.266. The molecule has 0 spiro atoms. The lowest BCUT2D eigenvalue weighted by atomic mass is 10.1. The van der Waals surface area contributed by atoms with Crippen LogP contribution in [0.5, 0.6) is 11.5 Å². The van der Waals surface area contributed by atoms with Crippen LogP contribution in [0.1, 0.15) is 72.9 Å². The van der Waals surface area contributed by atoms with Gasteiger partial charge in [-0.1, -0.05) is 62.2 Å². The van der Waals surface area contributed by atoms with E-state index >= 15 is 0 Å². The highest BCUT2D eigenvalue weighted by Crippen LogP contribution is 2.29. The lowest BCUT2D eigenvalue weighted by Crippen LogP contribution is -2.03. The first kappa shape index (κ1) is 26.1. The molecule has 0 atom stereocenters. The molecule has 0 unspecified atom stereocenters. The summed E-state index contributed by atoms with van der Waals surface area (Å²) in [5, 5.41) is 0. The summed E-state index contributed by atoms with van der Waals surface area (Å²) in [4.78, 5) is 0. The van der Waals surface area contributed by atoms with E-state index in [1.165, 1.54) is 0 Å². The molecule has 3 rings (SSSR count). The molecular formula is C34H30O2. The summed E-state index contributed by atoms with van der Waals surface area (Å²) in [7, 11) is 0. The molecule has 0 amide bonds. The highest BCUT2D eigenvalue weighted by molar-refractivity contribution is 5.60. The molecule has 3 aromatic rings. The molecule has 2 nitrogen and oxygen atoms in total. The summed E-state index contributed by atoms with van der Waals surface area (Å²) in [6, 6.07) is 19.1. The summed E-state index contributed by atoms with van der Waals surface area (Å²) >= 11 is 0. The molecule has 0 heterocycles. The molecular weight excluding hydrogens is 440 g/mol. The van der Waals surface area contributed by atoms with Crippen LogP contribution in [0.15, 0.2) is 60.7 Å². The van der Waals surface area contributed by atoms with Gasteiger partial charge in [0.05, 0.1) is 24.3 Å². The van der Waals surface area contributed by atoms with E-state index in [2.05, 4.69) is 49.4 Å². The van der Waals surface area contributed by atoms with Crippen LogP contribution < -0.4 is 9.47 Å². The Bertz CT molecular complexity index is 1250. The summed E-state index contributed by atoms with van der Waals surface area (Å²) in [6.07, 6.45) is 14.9. The van der Waals surface area contributed by atoms with Gasteiger partial charge < -0.3 is 9.47 Å². The minimum atomic E-state index is 0.610. The molecule has 0 aliphatic carbocycles. The molecule has 3 aromatic carbocycles. The van der Waals surface area contributed by atoms with Crippen molar-refractivity contribution in [2.75, 3.05) is 13.2 Å². The van der Waals surface area contributed by atoms with Gasteiger partial charge in [0.25, 0.3) is 0 Å². The van der Waals surface area contributed by atoms with E-state index in [0.717, 1.165) is 59.1 Å². The zero-order valence-electron chi connectivity index (χ0n) is 21.0. The Hall–Kier alpha value is -4.50. The normalized spacial score (nSPS) is 9.56. The van der Waals surface area contributed by atoms with Crippen molar-refractivity contribution >= 4 is 0 Å². The largest absolute Gasteiger partial charge is 0.492 e. The van der Waals surface area contributed by atoms with Crippen LogP contribution in [0.25, 0.3) is 0 Å². The Labute approximate surface area is 216 Å². The molecule has 0 saturated carbocycles. The van der Waals surface area contributed by atoms with E-state index in [1.807, 2.05) is 60.7 Å². The van der Waals surface area contributed by atoms with Gasteiger partial charge in [0.15, 0.2) is 0 Å². The molecule has 0 N–H and O–H groups in total. The van der Waals surface area contributed by atoms with Crippen molar-refractivity contribution < 1.29 is 9.47 Å². The second-order valence-electron chi connectivity index (χ2n) is 8.19. The molecule has 0 aliphatic heterocycles. The molecule has 36 heavy (non-hydrogen) atoms. The second kappa shape index (κ2) is 14.0. The van der Waals surface area contributed by atoms with Crippen LogP contribution in [0.2, 0.25) is 0 Å². The van der Waals surface area contributed by atoms with Crippen LogP contribution >= 0.6 is 0 Å². The molecule has 0 aliphatic rings. The van der Waals surface area contributed by atoms with Gasteiger partial charge in [-0.3, -0.25) is 0 Å². The first-order valence-corrected chi connectivity index (χ1v) is 12.3. The summed E-state index contributed by atoms with van der Waals surface area (Å²) in [6.45, 7) is 5.49. The van der Waals surface area contributed by atoms with Crippen molar-refractivity contribution in [2.45, 2.75) is 39.5 Å². The Balaban J connectivity index is 2.02. The van der Waals surface area contributed by atoms with Gasteiger partial charge >= 0.3 is 0 Å². The number of unbranched alkanes of at least 4 members (excludes halogenated alkanes) is 2. The van der Waals surface area contributed by atoms with Gasteiger partial charge in [-0.05, 0) is 61.4 Å². The van der Waals surface area contributed by atoms with E-state index in [4.69, 9.17) is 22.3 Å². The van der Waals surface area contributed by atoms with Crippen molar-refractivity contribution in [3.63, 3.8) is 0 Å². The average molecular weight is 471 g/mol. The fourth-order valence-corrected chi connectivity index (χ4v) is 3.23. The van der Waals surface area contributed by atoms with E-state index in [0.29, 0.717) is 24.7 Å². The molecule has 0 fully saturated rings. The van der Waals surface area contributed by atoms with Gasteiger partial charge in [0.1, 0.15) is 11.5 Å². The van der Waals surface area contributed by atoms with E-state index < -0.39 is 0 Å². The predicted octanol–water partition coefficient (Wildman–Crippen LogP) is 6.81. The van der Waals surface area contributed by atoms with Gasteiger partial charge in [0.2, 0.25) is 0 Å². The molecule has 0 radical (unpaired) electrons. The van der Waals surface area contributed by atoms with Crippen molar-refractivity contribution in [1.82, 2.24) is 0 Å². The number of ether oxygens (including phenoxy) is 2. The number of hydrogen-bond donors (Lipinski definition) is 0. The lowest BCUT2D eigenvalue weighted by molar-refractivity contribution is 0.299. The molecule has 2 heteroatoms.